The van der Waals surface area contributed by atoms with Gasteiger partial charge in [-0.25, -0.2) is 8.42 Å². The van der Waals surface area contributed by atoms with Gasteiger partial charge in [-0.15, -0.1) is 0 Å². The van der Waals surface area contributed by atoms with Gasteiger partial charge in [0.2, 0.25) is 21.8 Å². The summed E-state index contributed by atoms with van der Waals surface area (Å²) in [5, 5.41) is 4.25. The van der Waals surface area contributed by atoms with Crippen LogP contribution in [0.3, 0.4) is 0 Å². The second kappa shape index (κ2) is 15.0. The first-order valence-electron chi connectivity index (χ1n) is 13.6. The highest BCUT2D eigenvalue weighted by Gasteiger charge is 2.33. The smallest absolute Gasteiger partial charge is 0.243 e. The van der Waals surface area contributed by atoms with Crippen LogP contribution < -0.4 is 9.62 Å². The van der Waals surface area contributed by atoms with E-state index in [4.69, 9.17) is 46.4 Å². The maximum absolute atomic E-state index is 14.0. The van der Waals surface area contributed by atoms with Crippen LogP contribution in [0.5, 0.6) is 0 Å². The average molecular weight is 688 g/mol. The van der Waals surface area contributed by atoms with Gasteiger partial charge >= 0.3 is 0 Å². The largest absolute Gasteiger partial charge is 0.350 e. The zero-order valence-corrected chi connectivity index (χ0v) is 28.3. The van der Waals surface area contributed by atoms with Gasteiger partial charge < -0.3 is 10.2 Å². The van der Waals surface area contributed by atoms with Gasteiger partial charge in [-0.3, -0.25) is 13.9 Å². The number of halogens is 4. The number of rotatable bonds is 12. The van der Waals surface area contributed by atoms with Gasteiger partial charge in [0.05, 0.1) is 17.0 Å². The number of hydrogen-bond donors (Lipinski definition) is 1. The molecule has 0 heterocycles. The van der Waals surface area contributed by atoms with Crippen molar-refractivity contribution >= 4 is 73.9 Å². The molecule has 0 unspecified atom stereocenters. The lowest BCUT2D eigenvalue weighted by Gasteiger charge is -2.34. The van der Waals surface area contributed by atoms with Crippen molar-refractivity contribution in [3.05, 3.63) is 97.9 Å². The van der Waals surface area contributed by atoms with E-state index < -0.39 is 21.6 Å². The minimum absolute atomic E-state index is 0.0255. The van der Waals surface area contributed by atoms with Crippen LogP contribution in [0.1, 0.15) is 44.7 Å². The number of benzene rings is 3. The number of carbonyl (C=O) groups is 2. The Labute approximate surface area is 274 Å². The number of amides is 2. The van der Waals surface area contributed by atoms with Crippen LogP contribution >= 0.6 is 46.4 Å². The molecule has 0 spiro atoms. The van der Waals surface area contributed by atoms with Crippen molar-refractivity contribution in [3.63, 3.8) is 0 Å². The van der Waals surface area contributed by atoms with E-state index in [9.17, 15) is 18.0 Å². The Kier molecular flexibility index (Phi) is 12.2. The Morgan fingerprint density at radius 3 is 2.09 bits per heavy atom. The summed E-state index contributed by atoms with van der Waals surface area (Å²) < 4.78 is 26.5. The van der Waals surface area contributed by atoms with E-state index >= 15 is 0 Å². The van der Waals surface area contributed by atoms with Crippen molar-refractivity contribution in [1.29, 1.82) is 0 Å². The molecular weight excluding hydrogens is 652 g/mol. The number of anilines is 1. The maximum Gasteiger partial charge on any atom is 0.243 e. The van der Waals surface area contributed by atoms with Crippen molar-refractivity contribution in [3.8, 4) is 0 Å². The Balaban J connectivity index is 1.97. The van der Waals surface area contributed by atoms with Crippen LogP contribution in [-0.2, 0) is 32.6 Å². The van der Waals surface area contributed by atoms with Crippen LogP contribution in [0.2, 0.25) is 20.1 Å². The molecule has 232 valence electrons. The third kappa shape index (κ3) is 10.3. The van der Waals surface area contributed by atoms with Gasteiger partial charge in [-0.2, -0.15) is 0 Å². The molecule has 3 aromatic carbocycles. The summed E-state index contributed by atoms with van der Waals surface area (Å²) in [7, 11) is -3.76. The highest BCUT2D eigenvalue weighted by molar-refractivity contribution is 7.92. The molecule has 0 aliphatic heterocycles. The molecule has 1 N–H and O–H groups in total. The van der Waals surface area contributed by atoms with Crippen molar-refractivity contribution in [2.75, 3.05) is 17.1 Å². The molecule has 3 rings (SSSR count). The molecule has 2 amide bonds. The average Bonchev–Trinajstić information content (AvgIpc) is 2.90. The van der Waals surface area contributed by atoms with Crippen molar-refractivity contribution in [1.82, 2.24) is 10.2 Å². The Morgan fingerprint density at radius 2 is 1.51 bits per heavy atom. The van der Waals surface area contributed by atoms with Gasteiger partial charge in [0.25, 0.3) is 0 Å². The zero-order chi connectivity index (χ0) is 31.9. The van der Waals surface area contributed by atoms with E-state index in [0.29, 0.717) is 20.6 Å². The number of carbonyl (C=O) groups excluding carboxylic acids is 2. The van der Waals surface area contributed by atoms with E-state index in [0.717, 1.165) is 16.1 Å². The van der Waals surface area contributed by atoms with Crippen LogP contribution in [0, 0.1) is 0 Å². The number of nitrogens with one attached hydrogen (secondary N) is 1. The van der Waals surface area contributed by atoms with Crippen LogP contribution in [0.4, 0.5) is 5.69 Å². The van der Waals surface area contributed by atoms with Crippen molar-refractivity contribution < 1.29 is 18.0 Å². The lowest BCUT2D eigenvalue weighted by atomic mass is 10.00. The van der Waals surface area contributed by atoms with Gasteiger partial charge in [0.1, 0.15) is 6.04 Å². The first-order chi connectivity index (χ1) is 20.1. The Hall–Kier alpha value is -2.49. The summed E-state index contributed by atoms with van der Waals surface area (Å²) in [6.45, 7) is 5.53. The van der Waals surface area contributed by atoms with E-state index in [-0.39, 0.29) is 54.9 Å². The third-order valence-electron chi connectivity index (χ3n) is 6.49. The molecule has 0 aliphatic carbocycles. The van der Waals surface area contributed by atoms with Gasteiger partial charge in [0, 0.05) is 52.1 Å². The van der Waals surface area contributed by atoms with Crippen LogP contribution in [0.15, 0.2) is 66.7 Å². The van der Waals surface area contributed by atoms with E-state index in [2.05, 4.69) is 5.32 Å². The minimum atomic E-state index is -3.76. The fourth-order valence-corrected chi connectivity index (χ4v) is 6.44. The minimum Gasteiger partial charge on any atom is -0.350 e. The summed E-state index contributed by atoms with van der Waals surface area (Å²) >= 11 is 25.4. The summed E-state index contributed by atoms with van der Waals surface area (Å²) in [5.41, 5.74) is 1.02. The zero-order valence-electron chi connectivity index (χ0n) is 24.4. The van der Waals surface area contributed by atoms with Gasteiger partial charge in [-0.1, -0.05) is 82.8 Å². The summed E-state index contributed by atoms with van der Waals surface area (Å²) in [6.07, 6.45) is 1.37. The normalized spacial score (nSPS) is 12.5. The quantitative estimate of drug-likeness (QED) is 0.215. The van der Waals surface area contributed by atoms with Crippen molar-refractivity contribution in [2.45, 2.75) is 58.2 Å². The summed E-state index contributed by atoms with van der Waals surface area (Å²) in [5.74, 6) is -0.706. The third-order valence-corrected chi connectivity index (χ3v) is 8.93. The highest BCUT2D eigenvalue weighted by Crippen LogP contribution is 2.31. The lowest BCUT2D eigenvalue weighted by molar-refractivity contribution is -0.142. The fourth-order valence-electron chi connectivity index (χ4n) is 4.52. The van der Waals surface area contributed by atoms with Crippen molar-refractivity contribution in [2.24, 2.45) is 0 Å². The number of hydrogen-bond acceptors (Lipinski definition) is 4. The maximum atomic E-state index is 14.0. The molecule has 43 heavy (non-hydrogen) atoms. The molecular formula is C31H35Cl4N3O4S. The predicted octanol–water partition coefficient (Wildman–Crippen LogP) is 7.40. The SMILES string of the molecule is CC(C)(C)NC(=O)[C@H](Cc1ccccc1)N(Cc1c(Cl)cccc1Cl)C(=O)CCCN(c1cc(Cl)ccc1Cl)S(C)(=O)=O. The number of sulfonamides is 1. The summed E-state index contributed by atoms with van der Waals surface area (Å²) in [6, 6.07) is 18.1. The highest BCUT2D eigenvalue weighted by atomic mass is 35.5. The van der Waals surface area contributed by atoms with E-state index in [1.54, 1.807) is 24.3 Å². The standard InChI is InChI=1S/C31H35Cl4N3O4S/c1-31(2,3)36-30(40)28(18-21-10-6-5-7-11-21)37(20-23-24(33)12-8-13-25(23)34)29(39)14-9-17-38(43(4,41)42)27-19-22(32)15-16-26(27)35/h5-8,10-13,15-16,19,28H,9,14,17-18,20H2,1-4H3,(H,36,40)/t28-/m0/s1. The first kappa shape index (κ1) is 35.0. The molecule has 0 saturated carbocycles. The molecule has 0 aliphatic rings. The first-order valence-corrected chi connectivity index (χ1v) is 16.9. The molecule has 0 radical (unpaired) electrons. The molecule has 7 nitrogen and oxygen atoms in total. The second-order valence-electron chi connectivity index (χ2n) is 11.2. The lowest BCUT2D eigenvalue weighted by Crippen LogP contribution is -2.54. The fraction of sp³-hybridized carbons (Fsp3) is 0.355. The van der Waals surface area contributed by atoms with Crippen LogP contribution in [-0.4, -0.2) is 49.5 Å². The van der Waals surface area contributed by atoms with Gasteiger partial charge in [0.15, 0.2) is 0 Å². The molecule has 0 fully saturated rings. The summed E-state index contributed by atoms with van der Waals surface area (Å²) in [4.78, 5) is 29.2. The topological polar surface area (TPSA) is 86.8 Å². The molecule has 3 aromatic rings. The van der Waals surface area contributed by atoms with Gasteiger partial charge in [-0.05, 0) is 63.1 Å². The van der Waals surface area contributed by atoms with Crippen LogP contribution in [0.25, 0.3) is 0 Å². The molecule has 12 heteroatoms. The van der Waals surface area contributed by atoms with E-state index in [1.165, 1.54) is 17.0 Å². The molecule has 0 bridgehead atoms. The predicted molar refractivity (Wildman–Crippen MR) is 177 cm³/mol. The molecule has 0 saturated heterocycles. The Bertz CT molecular complexity index is 1530. The Morgan fingerprint density at radius 1 is 0.884 bits per heavy atom. The number of nitrogens with zero attached hydrogens (tertiary/aromatic N) is 2. The second-order valence-corrected chi connectivity index (χ2v) is 14.8. The van der Waals surface area contributed by atoms with E-state index in [1.807, 2.05) is 51.1 Å². The monoisotopic (exact) mass is 685 g/mol. The molecule has 1 atom stereocenters. The molecule has 0 aromatic heterocycles.